The van der Waals surface area contributed by atoms with E-state index >= 15 is 0 Å². The van der Waals surface area contributed by atoms with Crippen molar-refractivity contribution in [2.75, 3.05) is 7.05 Å². The zero-order valence-corrected chi connectivity index (χ0v) is 12.9. The Hall–Kier alpha value is -2.04. The molecule has 0 radical (unpaired) electrons. The number of urea groups is 1. The summed E-state index contributed by atoms with van der Waals surface area (Å²) in [6.07, 6.45) is 4.47. The summed E-state index contributed by atoms with van der Waals surface area (Å²) in [4.78, 5) is 24.0. The molecule has 0 spiro atoms. The van der Waals surface area contributed by atoms with Crippen LogP contribution in [0, 0.1) is 5.92 Å². The minimum absolute atomic E-state index is 0.0241. The summed E-state index contributed by atoms with van der Waals surface area (Å²) in [5.74, 6) is -0.0763. The molecule has 22 heavy (non-hydrogen) atoms. The van der Waals surface area contributed by atoms with Gasteiger partial charge in [0, 0.05) is 19.1 Å². The van der Waals surface area contributed by atoms with Crippen LogP contribution in [0.3, 0.4) is 0 Å². The van der Waals surface area contributed by atoms with E-state index in [2.05, 4.69) is 28.1 Å². The van der Waals surface area contributed by atoms with E-state index < -0.39 is 0 Å². The highest BCUT2D eigenvalue weighted by molar-refractivity contribution is 5.81. The predicted molar refractivity (Wildman–Crippen MR) is 84.5 cm³/mol. The van der Waals surface area contributed by atoms with E-state index in [-0.39, 0.29) is 29.9 Å². The maximum atomic E-state index is 12.2. The summed E-state index contributed by atoms with van der Waals surface area (Å²) >= 11 is 0. The highest BCUT2D eigenvalue weighted by atomic mass is 16.2. The number of rotatable bonds is 3. The molecule has 1 aromatic carbocycles. The summed E-state index contributed by atoms with van der Waals surface area (Å²) in [6.45, 7) is 0. The first-order valence-corrected chi connectivity index (χ1v) is 8.03. The number of carbonyl (C=O) groups excluding carboxylic acids is 2. The molecule has 0 saturated heterocycles. The van der Waals surface area contributed by atoms with Crippen molar-refractivity contribution < 1.29 is 9.59 Å². The van der Waals surface area contributed by atoms with Crippen molar-refractivity contribution in [3.05, 3.63) is 35.4 Å². The second-order valence-electron chi connectivity index (χ2n) is 6.25. The van der Waals surface area contributed by atoms with Crippen LogP contribution in [0.4, 0.5) is 4.79 Å². The molecule has 1 aromatic rings. The number of nitrogens with one attached hydrogen (secondary N) is 3. The fourth-order valence-electron chi connectivity index (χ4n) is 3.69. The topological polar surface area (TPSA) is 70.2 Å². The summed E-state index contributed by atoms with van der Waals surface area (Å²) in [7, 11) is 1.65. The van der Waals surface area contributed by atoms with E-state index in [4.69, 9.17) is 0 Å². The van der Waals surface area contributed by atoms with Crippen molar-refractivity contribution >= 4 is 11.9 Å². The molecule has 0 aromatic heterocycles. The third kappa shape index (κ3) is 3.08. The molecule has 5 nitrogen and oxygen atoms in total. The van der Waals surface area contributed by atoms with E-state index in [1.807, 2.05) is 12.1 Å². The molecule has 1 saturated carbocycles. The summed E-state index contributed by atoms with van der Waals surface area (Å²) in [5.41, 5.74) is 2.63. The van der Waals surface area contributed by atoms with Crippen LogP contribution in [0.25, 0.3) is 0 Å². The Balaban J connectivity index is 1.52. The first-order chi connectivity index (χ1) is 10.7. The average Bonchev–Trinajstić information content (AvgIpc) is 3.12. The lowest BCUT2D eigenvalue weighted by Crippen LogP contribution is -2.49. The van der Waals surface area contributed by atoms with Crippen molar-refractivity contribution in [3.8, 4) is 0 Å². The van der Waals surface area contributed by atoms with Gasteiger partial charge in [-0.3, -0.25) is 4.79 Å². The van der Waals surface area contributed by atoms with Crippen molar-refractivity contribution in [1.29, 1.82) is 0 Å². The van der Waals surface area contributed by atoms with E-state index in [9.17, 15) is 9.59 Å². The van der Waals surface area contributed by atoms with Gasteiger partial charge in [-0.2, -0.15) is 0 Å². The van der Waals surface area contributed by atoms with Crippen LogP contribution < -0.4 is 16.0 Å². The third-order valence-electron chi connectivity index (χ3n) is 4.80. The fraction of sp³-hybridized carbons (Fsp3) is 0.529. The van der Waals surface area contributed by atoms with Crippen molar-refractivity contribution in [2.24, 2.45) is 5.92 Å². The standard InChI is InChI=1S/C17H23N3O2/c1-18-16(21)14-7-4-8-15(14)20-17(22)19-13-9-11-5-2-3-6-12(11)10-13/h2-3,5-6,13-15H,4,7-10H2,1H3,(H,18,21)(H2,19,20,22)/t14-,15-/m0/s1. The molecule has 0 bridgehead atoms. The van der Waals surface area contributed by atoms with E-state index in [0.717, 1.165) is 32.1 Å². The zero-order chi connectivity index (χ0) is 15.5. The second kappa shape index (κ2) is 6.38. The van der Waals surface area contributed by atoms with E-state index in [0.29, 0.717) is 0 Å². The molecule has 118 valence electrons. The van der Waals surface area contributed by atoms with Gasteiger partial charge >= 0.3 is 6.03 Å². The van der Waals surface area contributed by atoms with Crippen LogP contribution in [0.15, 0.2) is 24.3 Å². The lowest BCUT2D eigenvalue weighted by molar-refractivity contribution is -0.124. The molecule has 2 aliphatic carbocycles. The summed E-state index contributed by atoms with van der Waals surface area (Å²) < 4.78 is 0. The molecule has 1 fully saturated rings. The van der Waals surface area contributed by atoms with Gasteiger partial charge in [0.25, 0.3) is 0 Å². The largest absolute Gasteiger partial charge is 0.359 e. The lowest BCUT2D eigenvalue weighted by Gasteiger charge is -2.21. The molecule has 3 N–H and O–H groups in total. The van der Waals surface area contributed by atoms with Gasteiger partial charge in [0.1, 0.15) is 0 Å². The molecule has 2 atom stereocenters. The number of carbonyl (C=O) groups is 2. The Bertz CT molecular complexity index is 548. The molecule has 2 aliphatic rings. The van der Waals surface area contributed by atoms with E-state index in [1.54, 1.807) is 7.05 Å². The Labute approximate surface area is 130 Å². The summed E-state index contributed by atoms with van der Waals surface area (Å²) in [5, 5.41) is 8.72. The first kappa shape index (κ1) is 14.9. The zero-order valence-electron chi connectivity index (χ0n) is 12.9. The Morgan fingerprint density at radius 3 is 2.36 bits per heavy atom. The van der Waals surface area contributed by atoms with Crippen LogP contribution in [-0.2, 0) is 17.6 Å². The van der Waals surface area contributed by atoms with Gasteiger partial charge in [0.15, 0.2) is 0 Å². The Morgan fingerprint density at radius 1 is 1.05 bits per heavy atom. The van der Waals surface area contributed by atoms with Gasteiger partial charge < -0.3 is 16.0 Å². The van der Waals surface area contributed by atoms with Gasteiger partial charge in [-0.15, -0.1) is 0 Å². The highest BCUT2D eigenvalue weighted by Gasteiger charge is 2.34. The number of hydrogen-bond acceptors (Lipinski definition) is 2. The highest BCUT2D eigenvalue weighted by Crippen LogP contribution is 2.26. The molecule has 0 aliphatic heterocycles. The molecular weight excluding hydrogens is 278 g/mol. The predicted octanol–water partition coefficient (Wildman–Crippen LogP) is 1.37. The monoisotopic (exact) mass is 301 g/mol. The van der Waals surface area contributed by atoms with E-state index in [1.165, 1.54) is 11.1 Å². The number of amides is 3. The molecule has 0 heterocycles. The van der Waals surface area contributed by atoms with Crippen LogP contribution >= 0.6 is 0 Å². The van der Waals surface area contributed by atoms with Gasteiger partial charge in [-0.25, -0.2) is 4.79 Å². The molecule has 3 rings (SSSR count). The van der Waals surface area contributed by atoms with Gasteiger partial charge in [0.2, 0.25) is 5.91 Å². The maximum Gasteiger partial charge on any atom is 0.315 e. The number of fused-ring (bicyclic) bond motifs is 1. The molecule has 5 heteroatoms. The van der Waals surface area contributed by atoms with Crippen molar-refractivity contribution in [2.45, 2.75) is 44.2 Å². The van der Waals surface area contributed by atoms with Crippen molar-refractivity contribution in [3.63, 3.8) is 0 Å². The van der Waals surface area contributed by atoms with Crippen molar-refractivity contribution in [1.82, 2.24) is 16.0 Å². The summed E-state index contributed by atoms with van der Waals surface area (Å²) in [6, 6.07) is 8.25. The Morgan fingerprint density at radius 2 is 1.73 bits per heavy atom. The van der Waals surface area contributed by atoms with Crippen LogP contribution in [-0.4, -0.2) is 31.1 Å². The third-order valence-corrected chi connectivity index (χ3v) is 4.80. The Kier molecular flexibility index (Phi) is 4.32. The quantitative estimate of drug-likeness (QED) is 0.789. The SMILES string of the molecule is CNC(=O)[C@H]1CCC[C@@H]1NC(=O)NC1Cc2ccccc2C1. The van der Waals surface area contributed by atoms with Crippen LogP contribution in [0.1, 0.15) is 30.4 Å². The average molecular weight is 301 g/mol. The normalized spacial score (nSPS) is 23.9. The van der Waals surface area contributed by atoms with Crippen LogP contribution in [0.5, 0.6) is 0 Å². The molecular formula is C17H23N3O2. The fourth-order valence-corrected chi connectivity index (χ4v) is 3.69. The van der Waals surface area contributed by atoms with Crippen LogP contribution in [0.2, 0.25) is 0 Å². The maximum absolute atomic E-state index is 12.2. The van der Waals surface area contributed by atoms with Gasteiger partial charge in [-0.05, 0) is 36.8 Å². The molecule has 0 unspecified atom stereocenters. The number of hydrogen-bond donors (Lipinski definition) is 3. The molecule has 3 amide bonds. The van der Waals surface area contributed by atoms with Gasteiger partial charge in [-0.1, -0.05) is 30.7 Å². The lowest BCUT2D eigenvalue weighted by atomic mass is 10.0. The minimum Gasteiger partial charge on any atom is -0.359 e. The first-order valence-electron chi connectivity index (χ1n) is 8.03. The smallest absolute Gasteiger partial charge is 0.315 e. The van der Waals surface area contributed by atoms with Gasteiger partial charge in [0.05, 0.1) is 5.92 Å². The second-order valence-corrected chi connectivity index (χ2v) is 6.25. The number of benzene rings is 1. The minimum atomic E-state index is -0.154.